The van der Waals surface area contributed by atoms with Gasteiger partial charge in [0.2, 0.25) is 5.43 Å². The number of hydrogen-bond donors (Lipinski definition) is 1. The van der Waals surface area contributed by atoms with Gasteiger partial charge in [0.05, 0.1) is 18.0 Å². The van der Waals surface area contributed by atoms with Crippen LogP contribution in [0.3, 0.4) is 0 Å². The monoisotopic (exact) mass is 531 g/mol. The van der Waals surface area contributed by atoms with Crippen molar-refractivity contribution in [2.45, 2.75) is 37.9 Å². The molecule has 0 unspecified atom stereocenters. The van der Waals surface area contributed by atoms with E-state index in [-0.39, 0.29) is 41.5 Å². The lowest BCUT2D eigenvalue weighted by Gasteiger charge is -2.33. The summed E-state index contributed by atoms with van der Waals surface area (Å²) in [7, 11) is 1.30. The highest BCUT2D eigenvalue weighted by atomic mass is 35.5. The Morgan fingerprint density at radius 1 is 1.28 bits per heavy atom. The lowest BCUT2D eigenvalue weighted by Crippen LogP contribution is -2.33. The number of methoxy groups -OCH3 is 1. The van der Waals surface area contributed by atoms with E-state index in [2.05, 4.69) is 4.74 Å². The number of carbonyl (C=O) groups is 2. The van der Waals surface area contributed by atoms with Crippen LogP contribution in [-0.2, 0) is 9.53 Å². The Kier molecular flexibility index (Phi) is 7.02. The van der Waals surface area contributed by atoms with E-state index in [0.29, 0.717) is 37.3 Å². The number of pyridine rings is 1. The third-order valence-electron chi connectivity index (χ3n) is 6.15. The number of carbonyl (C=O) groups excluding carboxylic acids is 2. The summed E-state index contributed by atoms with van der Waals surface area (Å²) in [5.41, 5.74) is 4.85. The molecule has 2 aromatic rings. The summed E-state index contributed by atoms with van der Waals surface area (Å²) in [6.45, 7) is 0.889. The second kappa shape index (κ2) is 9.74. The molecule has 1 aromatic carbocycles. The lowest BCUT2D eigenvalue weighted by molar-refractivity contribution is -0.193. The van der Waals surface area contributed by atoms with Crippen LogP contribution in [0.1, 0.15) is 42.1 Å². The highest BCUT2D eigenvalue weighted by molar-refractivity contribution is 6.30. The van der Waals surface area contributed by atoms with Gasteiger partial charge in [0.1, 0.15) is 11.3 Å². The molecule has 0 atom stereocenters. The van der Waals surface area contributed by atoms with Crippen LogP contribution in [0.15, 0.2) is 27.7 Å². The van der Waals surface area contributed by atoms with Crippen LogP contribution in [0, 0.1) is 5.82 Å². The maximum atomic E-state index is 15.5. The van der Waals surface area contributed by atoms with Gasteiger partial charge < -0.3 is 24.7 Å². The first-order chi connectivity index (χ1) is 17.0. The van der Waals surface area contributed by atoms with E-state index in [1.165, 1.54) is 11.7 Å². The van der Waals surface area contributed by atoms with Gasteiger partial charge in [-0.05, 0) is 37.3 Å². The highest BCUT2D eigenvalue weighted by Crippen LogP contribution is 2.44. The van der Waals surface area contributed by atoms with E-state index in [1.807, 2.05) is 0 Å². The number of esters is 2. The molecule has 0 bridgehead atoms. The minimum Gasteiger partial charge on any atom is -0.492 e. The lowest BCUT2D eigenvalue weighted by atomic mass is 10.0. The van der Waals surface area contributed by atoms with Crippen molar-refractivity contribution < 1.29 is 36.6 Å². The number of ether oxygens (including phenoxy) is 2. The summed E-state index contributed by atoms with van der Waals surface area (Å²) in [5, 5.41) is 0.188. The predicted octanol–water partition coefficient (Wildman–Crippen LogP) is 3.78. The van der Waals surface area contributed by atoms with Gasteiger partial charge in [-0.2, -0.15) is 13.2 Å². The normalized spacial score (nSPS) is 17.8. The van der Waals surface area contributed by atoms with Gasteiger partial charge in [-0.15, -0.1) is 0 Å². The molecular weight excluding hydrogens is 510 g/mol. The van der Waals surface area contributed by atoms with Crippen LogP contribution in [0.5, 0.6) is 5.75 Å². The van der Waals surface area contributed by atoms with Gasteiger partial charge in [0.15, 0.2) is 11.6 Å². The molecule has 2 fully saturated rings. The van der Waals surface area contributed by atoms with Crippen LogP contribution in [0.25, 0.3) is 10.9 Å². The topological polar surface area (TPSA) is 104 Å². The molecule has 2 N–H and O–H groups in total. The Balaban J connectivity index is 1.89. The number of aromatic nitrogens is 1. The van der Waals surface area contributed by atoms with E-state index in [9.17, 15) is 27.6 Å². The number of anilines is 1. The molecule has 0 radical (unpaired) electrons. The largest absolute Gasteiger partial charge is 0.492 e. The summed E-state index contributed by atoms with van der Waals surface area (Å²) in [5.74, 6) is -5.33. The maximum absolute atomic E-state index is 15.5. The van der Waals surface area contributed by atoms with Crippen molar-refractivity contribution in [2.75, 3.05) is 31.6 Å². The van der Waals surface area contributed by atoms with Gasteiger partial charge in [-0.25, -0.2) is 14.0 Å². The zero-order valence-electron chi connectivity index (χ0n) is 19.1. The molecule has 13 heteroatoms. The summed E-state index contributed by atoms with van der Waals surface area (Å²) >= 11 is 6.23. The van der Waals surface area contributed by atoms with Crippen molar-refractivity contribution in [1.29, 1.82) is 0 Å². The molecule has 2 aliphatic rings. The Hall–Kier alpha value is -3.12. The van der Waals surface area contributed by atoms with Gasteiger partial charge >= 0.3 is 18.1 Å². The van der Waals surface area contributed by atoms with E-state index in [4.69, 9.17) is 22.1 Å². The Labute approximate surface area is 207 Å². The minimum atomic E-state index is -5.43. The first kappa shape index (κ1) is 26.0. The van der Waals surface area contributed by atoms with Crippen molar-refractivity contribution in [3.05, 3.63) is 44.5 Å². The van der Waals surface area contributed by atoms with Crippen LogP contribution < -0.4 is 20.8 Å². The molecule has 2 heterocycles. The molecule has 1 saturated heterocycles. The fraction of sp³-hybridized carbons (Fsp3) is 0.435. The summed E-state index contributed by atoms with van der Waals surface area (Å²) < 4.78 is 64.1. The van der Waals surface area contributed by atoms with Gasteiger partial charge in [-0.3, -0.25) is 4.79 Å². The molecule has 0 spiro atoms. The third-order valence-corrected chi connectivity index (χ3v) is 6.57. The Morgan fingerprint density at radius 2 is 1.97 bits per heavy atom. The van der Waals surface area contributed by atoms with E-state index in [0.717, 1.165) is 17.8 Å². The molecule has 1 aromatic heterocycles. The average molecular weight is 532 g/mol. The summed E-state index contributed by atoms with van der Waals surface area (Å²) in [6.07, 6.45) is -1.75. The van der Waals surface area contributed by atoms with Crippen LogP contribution in [0.4, 0.5) is 23.2 Å². The standard InChI is InChI=1S/C23H22ClF4N3O5/c1-35-20-17-13(7-16(25)18(20)30-6-2-3-11(9-30)15(24)8-29)19(32)14(10-31(17)12-4-5-12)21(33)36-22(34)23(26,27)28/h7,10,12H,2-6,8-9,29H2,1H3/b15-11+. The zero-order valence-corrected chi connectivity index (χ0v) is 19.8. The predicted molar refractivity (Wildman–Crippen MR) is 123 cm³/mol. The molecule has 36 heavy (non-hydrogen) atoms. The number of benzene rings is 1. The highest BCUT2D eigenvalue weighted by Gasteiger charge is 2.43. The quantitative estimate of drug-likeness (QED) is 0.356. The molecular formula is C23H22ClF4N3O5. The first-order valence-electron chi connectivity index (χ1n) is 11.1. The smallest absolute Gasteiger partial charge is 0.491 e. The van der Waals surface area contributed by atoms with E-state index >= 15 is 4.39 Å². The Bertz CT molecular complexity index is 1330. The molecule has 4 rings (SSSR count). The van der Waals surface area contributed by atoms with Crippen LogP contribution in [-0.4, -0.2) is 49.4 Å². The van der Waals surface area contributed by atoms with E-state index in [1.54, 1.807) is 4.90 Å². The number of piperidine rings is 1. The number of halogens is 5. The number of nitrogens with zero attached hydrogens (tertiary/aromatic N) is 2. The number of nitrogens with two attached hydrogens (primary N) is 1. The third kappa shape index (κ3) is 4.79. The van der Waals surface area contributed by atoms with Crippen molar-refractivity contribution in [1.82, 2.24) is 4.57 Å². The van der Waals surface area contributed by atoms with E-state index < -0.39 is 34.9 Å². The second-order valence-corrected chi connectivity index (χ2v) is 9.02. The zero-order chi connectivity index (χ0) is 26.4. The number of rotatable bonds is 5. The van der Waals surface area contributed by atoms with Crippen LogP contribution in [0.2, 0.25) is 0 Å². The van der Waals surface area contributed by atoms with Gasteiger partial charge in [0, 0.05) is 36.9 Å². The number of alkyl halides is 3. The Morgan fingerprint density at radius 3 is 2.56 bits per heavy atom. The molecule has 1 aliphatic heterocycles. The van der Waals surface area contributed by atoms with Crippen molar-refractivity contribution in [3.8, 4) is 5.75 Å². The van der Waals surface area contributed by atoms with Crippen molar-refractivity contribution in [3.63, 3.8) is 0 Å². The van der Waals surface area contributed by atoms with Gasteiger partial charge in [-0.1, -0.05) is 11.6 Å². The molecule has 0 amide bonds. The fourth-order valence-corrected chi connectivity index (χ4v) is 4.50. The average Bonchev–Trinajstić information content (AvgIpc) is 3.68. The van der Waals surface area contributed by atoms with Crippen molar-refractivity contribution >= 4 is 40.1 Å². The van der Waals surface area contributed by atoms with Gasteiger partial charge in [0.25, 0.3) is 0 Å². The summed E-state index contributed by atoms with van der Waals surface area (Å²) in [6, 6.07) is 0.702. The van der Waals surface area contributed by atoms with Crippen molar-refractivity contribution in [2.24, 2.45) is 5.73 Å². The minimum absolute atomic E-state index is 0.0328. The molecule has 1 saturated carbocycles. The second-order valence-electron chi connectivity index (χ2n) is 8.56. The number of hydrogen-bond acceptors (Lipinski definition) is 7. The molecule has 8 nitrogen and oxygen atoms in total. The summed E-state index contributed by atoms with van der Waals surface area (Å²) in [4.78, 5) is 38.3. The molecule has 194 valence electrons. The maximum Gasteiger partial charge on any atom is 0.491 e. The first-order valence-corrected chi connectivity index (χ1v) is 11.5. The fourth-order valence-electron chi connectivity index (χ4n) is 4.34. The number of fused-ring (bicyclic) bond motifs is 1. The van der Waals surface area contributed by atoms with Crippen LogP contribution >= 0.6 is 11.6 Å². The molecule has 1 aliphatic carbocycles. The SMILES string of the molecule is COc1c(N2CCC/C(=C(\Cl)CN)C2)c(F)cc2c(=O)c(C(=O)OC(=O)C(F)(F)F)cn(C3CC3)c12.